The van der Waals surface area contributed by atoms with Gasteiger partial charge in [0.15, 0.2) is 0 Å². The normalized spacial score (nSPS) is 20.4. The van der Waals surface area contributed by atoms with Crippen molar-refractivity contribution >= 4 is 10.1 Å². The van der Waals surface area contributed by atoms with Gasteiger partial charge in [0, 0.05) is 26.2 Å². The van der Waals surface area contributed by atoms with Gasteiger partial charge < -0.3 is 10.4 Å². The molecule has 0 aromatic heterocycles. The lowest BCUT2D eigenvalue weighted by molar-refractivity contribution is -0.0599. The molecule has 1 saturated heterocycles. The van der Waals surface area contributed by atoms with Gasteiger partial charge in [0.2, 0.25) is 0 Å². The van der Waals surface area contributed by atoms with E-state index < -0.39 is 16.7 Å². The monoisotopic (exact) mass is 210 g/mol. The largest absolute Gasteiger partial charge is 0.395 e. The third-order valence-corrected chi connectivity index (χ3v) is 2.76. The Bertz CT molecular complexity index is 235. The van der Waals surface area contributed by atoms with Crippen LogP contribution in [0.4, 0.5) is 0 Å². The third kappa shape index (κ3) is 4.01. The Labute approximate surface area is 77.6 Å². The Morgan fingerprint density at radius 1 is 1.38 bits per heavy atom. The quantitative estimate of drug-likeness (QED) is 0.567. The van der Waals surface area contributed by atoms with Crippen LogP contribution >= 0.6 is 0 Å². The van der Waals surface area contributed by atoms with Crippen molar-refractivity contribution in [1.29, 1.82) is 0 Å². The smallest absolute Gasteiger partial charge is 0.285 e. The van der Waals surface area contributed by atoms with E-state index in [0.717, 1.165) is 0 Å². The van der Waals surface area contributed by atoms with Crippen LogP contribution in [-0.4, -0.2) is 57.1 Å². The van der Waals surface area contributed by atoms with E-state index in [-0.39, 0.29) is 5.75 Å². The molecule has 0 aliphatic carbocycles. The maximum absolute atomic E-state index is 11.1. The minimum atomic E-state index is -3.58. The fourth-order valence-electron chi connectivity index (χ4n) is 1.03. The van der Waals surface area contributed by atoms with Crippen molar-refractivity contribution in [2.24, 2.45) is 0 Å². The highest BCUT2D eigenvalue weighted by Crippen LogP contribution is 2.00. The molecule has 2 N–H and O–H groups in total. The molecule has 1 heterocycles. The second-order valence-corrected chi connectivity index (χ2v) is 4.41. The summed E-state index contributed by atoms with van der Waals surface area (Å²) < 4.78 is 26.8. The topological polar surface area (TPSA) is 78.9 Å². The summed E-state index contributed by atoms with van der Waals surface area (Å²) in [6.07, 6.45) is 0. The molecule has 0 amide bonds. The molecular formula is C6H14N2O4S. The first-order chi connectivity index (χ1) is 6.14. The molecule has 1 rings (SSSR count). The molecule has 7 heteroatoms. The number of hydrogen-bond donors (Lipinski definition) is 2. The number of nitrogens with one attached hydrogen (secondary N) is 1. The van der Waals surface area contributed by atoms with Gasteiger partial charge in [-0.15, -0.1) is 0 Å². The predicted octanol–water partition coefficient (Wildman–Crippen LogP) is -1.85. The number of aliphatic hydroxyl groups is 1. The lowest BCUT2D eigenvalue weighted by Gasteiger charge is -2.25. The van der Waals surface area contributed by atoms with Gasteiger partial charge in [-0.3, -0.25) is 0 Å². The molecule has 6 nitrogen and oxygen atoms in total. The maximum Gasteiger partial charge on any atom is 0.285 e. The zero-order valence-corrected chi connectivity index (χ0v) is 8.09. The van der Waals surface area contributed by atoms with E-state index in [9.17, 15) is 8.42 Å². The first-order valence-corrected chi connectivity index (χ1v) is 5.70. The molecule has 0 bridgehead atoms. The summed E-state index contributed by atoms with van der Waals surface area (Å²) in [5.41, 5.74) is 0. The second-order valence-electron chi connectivity index (χ2n) is 2.74. The van der Waals surface area contributed by atoms with Crippen molar-refractivity contribution in [2.75, 3.05) is 38.5 Å². The van der Waals surface area contributed by atoms with Crippen molar-refractivity contribution in [3.05, 3.63) is 0 Å². The highest BCUT2D eigenvalue weighted by molar-refractivity contribution is 7.86. The number of nitrogens with zero attached hydrogens (tertiary/aromatic N) is 1. The Morgan fingerprint density at radius 3 is 2.54 bits per heavy atom. The minimum Gasteiger partial charge on any atom is -0.395 e. The van der Waals surface area contributed by atoms with Crippen molar-refractivity contribution in [3.8, 4) is 0 Å². The molecule has 0 unspecified atom stereocenters. The van der Waals surface area contributed by atoms with Gasteiger partial charge in [0.05, 0.1) is 6.61 Å². The van der Waals surface area contributed by atoms with Gasteiger partial charge in [0.1, 0.15) is 5.75 Å². The number of piperazine rings is 1. The Morgan fingerprint density at radius 2 is 2.00 bits per heavy atom. The highest BCUT2D eigenvalue weighted by atomic mass is 32.2. The fourth-order valence-corrected chi connectivity index (χ4v) is 1.80. The van der Waals surface area contributed by atoms with Crippen molar-refractivity contribution in [2.45, 2.75) is 0 Å². The molecule has 78 valence electrons. The summed E-state index contributed by atoms with van der Waals surface area (Å²) in [5.74, 6) is -0.350. The number of aliphatic hydroxyl groups excluding tert-OH is 1. The number of hydroxylamine groups is 2. The third-order valence-electron chi connectivity index (χ3n) is 1.64. The fraction of sp³-hybridized carbons (Fsp3) is 1.00. The zero-order valence-electron chi connectivity index (χ0n) is 7.27. The molecule has 1 fully saturated rings. The van der Waals surface area contributed by atoms with E-state index in [4.69, 9.17) is 9.39 Å². The summed E-state index contributed by atoms with van der Waals surface area (Å²) in [6.45, 7) is 2.12. The number of rotatable bonds is 4. The predicted molar refractivity (Wildman–Crippen MR) is 46.4 cm³/mol. The summed E-state index contributed by atoms with van der Waals surface area (Å²) in [4.78, 5) is 0. The van der Waals surface area contributed by atoms with Crippen LogP contribution in [0.1, 0.15) is 0 Å². The van der Waals surface area contributed by atoms with E-state index in [0.29, 0.717) is 26.2 Å². The van der Waals surface area contributed by atoms with Crippen molar-refractivity contribution < 1.29 is 17.8 Å². The Balaban J connectivity index is 2.37. The summed E-state index contributed by atoms with van der Waals surface area (Å²) in [6, 6.07) is 0. The molecule has 0 atom stereocenters. The molecule has 0 saturated carbocycles. The molecule has 0 aromatic carbocycles. The van der Waals surface area contributed by atoms with Crippen LogP contribution in [0.25, 0.3) is 0 Å². The van der Waals surface area contributed by atoms with Crippen LogP contribution in [0, 0.1) is 0 Å². The summed E-state index contributed by atoms with van der Waals surface area (Å²) in [5, 5.41) is 12.9. The highest BCUT2D eigenvalue weighted by Gasteiger charge is 2.18. The Hall–Kier alpha value is -0.210. The standard InChI is InChI=1S/C6H14N2O4S/c9-5-6-13(10,11)12-8-3-1-7-2-4-8/h7,9H,1-6H2. The van der Waals surface area contributed by atoms with Crippen LogP contribution in [0.15, 0.2) is 0 Å². The van der Waals surface area contributed by atoms with E-state index in [1.54, 1.807) is 0 Å². The van der Waals surface area contributed by atoms with Crippen molar-refractivity contribution in [1.82, 2.24) is 10.4 Å². The van der Waals surface area contributed by atoms with Gasteiger partial charge >= 0.3 is 0 Å². The molecule has 1 aliphatic rings. The van der Waals surface area contributed by atoms with Gasteiger partial charge in [0.25, 0.3) is 10.1 Å². The zero-order chi connectivity index (χ0) is 9.73. The number of hydrogen-bond acceptors (Lipinski definition) is 6. The Kier molecular flexibility index (Phi) is 4.07. The molecule has 1 aliphatic heterocycles. The molecular weight excluding hydrogens is 196 g/mol. The van der Waals surface area contributed by atoms with Gasteiger partial charge in [-0.25, -0.2) is 0 Å². The molecule has 0 aromatic rings. The van der Waals surface area contributed by atoms with Gasteiger partial charge in [-0.1, -0.05) is 0 Å². The van der Waals surface area contributed by atoms with Gasteiger partial charge in [-0.05, 0) is 0 Å². The minimum absolute atomic E-state index is 0.350. The van der Waals surface area contributed by atoms with Crippen molar-refractivity contribution in [3.63, 3.8) is 0 Å². The molecule has 0 spiro atoms. The van der Waals surface area contributed by atoms with E-state index in [2.05, 4.69) is 5.32 Å². The average Bonchev–Trinajstić information content (AvgIpc) is 2.04. The van der Waals surface area contributed by atoms with Crippen LogP contribution in [0.5, 0.6) is 0 Å². The van der Waals surface area contributed by atoms with Crippen LogP contribution in [0.3, 0.4) is 0 Å². The SMILES string of the molecule is O=S(=O)(CCO)ON1CCNCC1. The molecule has 0 radical (unpaired) electrons. The maximum atomic E-state index is 11.1. The first kappa shape index (κ1) is 10.9. The first-order valence-electron chi connectivity index (χ1n) is 4.13. The van der Waals surface area contributed by atoms with E-state index in [1.807, 2.05) is 0 Å². The van der Waals surface area contributed by atoms with Crippen LogP contribution in [0.2, 0.25) is 0 Å². The van der Waals surface area contributed by atoms with Gasteiger partial charge in [-0.2, -0.15) is 17.8 Å². The van der Waals surface area contributed by atoms with Crippen LogP contribution in [-0.2, 0) is 14.4 Å². The van der Waals surface area contributed by atoms with E-state index in [1.165, 1.54) is 5.06 Å². The summed E-state index contributed by atoms with van der Waals surface area (Å²) in [7, 11) is -3.58. The summed E-state index contributed by atoms with van der Waals surface area (Å²) >= 11 is 0. The van der Waals surface area contributed by atoms with Crippen LogP contribution < -0.4 is 5.32 Å². The lowest BCUT2D eigenvalue weighted by Crippen LogP contribution is -2.44. The van der Waals surface area contributed by atoms with E-state index >= 15 is 0 Å². The second kappa shape index (κ2) is 4.87. The lowest BCUT2D eigenvalue weighted by atomic mass is 10.4. The average molecular weight is 210 g/mol. The molecule has 13 heavy (non-hydrogen) atoms.